The summed E-state index contributed by atoms with van der Waals surface area (Å²) >= 11 is 5.82. The van der Waals surface area contributed by atoms with E-state index in [0.29, 0.717) is 5.39 Å². The predicted molar refractivity (Wildman–Crippen MR) is 55.1 cm³/mol. The zero-order valence-electron chi connectivity index (χ0n) is 7.96. The maximum atomic E-state index is 13.1. The van der Waals surface area contributed by atoms with Gasteiger partial charge < -0.3 is 0 Å². The van der Waals surface area contributed by atoms with Crippen molar-refractivity contribution in [2.75, 3.05) is 0 Å². The summed E-state index contributed by atoms with van der Waals surface area (Å²) in [5.74, 6) is -0.400. The van der Waals surface area contributed by atoms with Gasteiger partial charge in [-0.3, -0.25) is 4.68 Å². The number of aromatic nitrogens is 2. The van der Waals surface area contributed by atoms with Crippen LogP contribution in [0, 0.1) is 5.82 Å². The van der Waals surface area contributed by atoms with Crippen LogP contribution in [-0.4, -0.2) is 9.78 Å². The molecule has 0 aliphatic carbocycles. The van der Waals surface area contributed by atoms with Crippen LogP contribution in [0.15, 0.2) is 18.3 Å². The summed E-state index contributed by atoms with van der Waals surface area (Å²) in [6.07, 6.45) is 1.60. The quantitative estimate of drug-likeness (QED) is 0.709. The maximum Gasteiger partial charge on any atom is 0.142 e. The lowest BCUT2D eigenvalue weighted by atomic mass is 10.2. The van der Waals surface area contributed by atoms with E-state index in [1.807, 2.05) is 18.5 Å². The van der Waals surface area contributed by atoms with Crippen molar-refractivity contribution in [1.82, 2.24) is 9.78 Å². The van der Waals surface area contributed by atoms with Crippen LogP contribution >= 0.6 is 11.6 Å². The number of fused-ring (bicyclic) bond motifs is 1. The van der Waals surface area contributed by atoms with E-state index in [9.17, 15) is 4.39 Å². The van der Waals surface area contributed by atoms with Gasteiger partial charge in [0.1, 0.15) is 5.82 Å². The molecule has 0 saturated carbocycles. The Morgan fingerprint density at radius 3 is 2.79 bits per heavy atom. The first-order valence-corrected chi connectivity index (χ1v) is 4.80. The second-order valence-corrected chi connectivity index (χ2v) is 3.86. The summed E-state index contributed by atoms with van der Waals surface area (Å²) in [7, 11) is 0. The zero-order chi connectivity index (χ0) is 10.3. The minimum absolute atomic E-state index is 0.148. The second kappa shape index (κ2) is 3.24. The van der Waals surface area contributed by atoms with Crippen molar-refractivity contribution in [3.05, 3.63) is 29.2 Å². The second-order valence-electron chi connectivity index (χ2n) is 3.48. The molecule has 0 atom stereocenters. The van der Waals surface area contributed by atoms with Gasteiger partial charge in [0, 0.05) is 11.4 Å². The van der Waals surface area contributed by atoms with Gasteiger partial charge in [-0.2, -0.15) is 5.10 Å². The van der Waals surface area contributed by atoms with E-state index < -0.39 is 5.82 Å². The normalized spacial score (nSPS) is 11.5. The van der Waals surface area contributed by atoms with Gasteiger partial charge in [-0.1, -0.05) is 11.6 Å². The lowest BCUT2D eigenvalue weighted by Crippen LogP contribution is -2.01. The molecule has 1 aromatic heterocycles. The van der Waals surface area contributed by atoms with E-state index in [0.717, 1.165) is 5.52 Å². The monoisotopic (exact) mass is 212 g/mol. The Bertz CT molecular complexity index is 476. The molecule has 74 valence electrons. The standard InChI is InChI=1S/C10H10ClFN2/c1-6(2)14-9-4-3-8(12)10(11)7(9)5-13-14/h3-6H,1-2H3. The van der Waals surface area contributed by atoms with E-state index in [1.165, 1.54) is 6.07 Å². The number of rotatable bonds is 1. The third-order valence-corrected chi connectivity index (χ3v) is 2.54. The van der Waals surface area contributed by atoms with Gasteiger partial charge in [-0.25, -0.2) is 4.39 Å². The zero-order valence-corrected chi connectivity index (χ0v) is 8.72. The maximum absolute atomic E-state index is 13.1. The number of nitrogens with zero attached hydrogens (tertiary/aromatic N) is 2. The minimum Gasteiger partial charge on any atom is -0.262 e. The van der Waals surface area contributed by atoms with Crippen LogP contribution in [0.5, 0.6) is 0 Å². The van der Waals surface area contributed by atoms with E-state index in [1.54, 1.807) is 12.3 Å². The van der Waals surface area contributed by atoms with E-state index in [-0.39, 0.29) is 11.1 Å². The van der Waals surface area contributed by atoms with Crippen LogP contribution in [0.4, 0.5) is 4.39 Å². The van der Waals surface area contributed by atoms with Gasteiger partial charge in [0.15, 0.2) is 0 Å². The molecule has 0 unspecified atom stereocenters. The summed E-state index contributed by atoms with van der Waals surface area (Å²) in [5, 5.41) is 4.98. The first kappa shape index (κ1) is 9.46. The first-order chi connectivity index (χ1) is 6.61. The molecule has 0 amide bonds. The summed E-state index contributed by atoms with van der Waals surface area (Å²) < 4.78 is 14.9. The Morgan fingerprint density at radius 1 is 1.43 bits per heavy atom. The number of hydrogen-bond donors (Lipinski definition) is 0. The molecule has 2 aromatic rings. The highest BCUT2D eigenvalue weighted by Crippen LogP contribution is 2.27. The van der Waals surface area contributed by atoms with Gasteiger partial charge in [0.2, 0.25) is 0 Å². The lowest BCUT2D eigenvalue weighted by Gasteiger charge is -2.06. The smallest absolute Gasteiger partial charge is 0.142 e. The highest BCUT2D eigenvalue weighted by molar-refractivity contribution is 6.35. The van der Waals surface area contributed by atoms with Crippen molar-refractivity contribution in [3.8, 4) is 0 Å². The van der Waals surface area contributed by atoms with Crippen LogP contribution in [0.3, 0.4) is 0 Å². The van der Waals surface area contributed by atoms with E-state index >= 15 is 0 Å². The Balaban J connectivity index is 2.77. The third kappa shape index (κ3) is 1.28. The van der Waals surface area contributed by atoms with E-state index in [2.05, 4.69) is 5.10 Å². The van der Waals surface area contributed by atoms with Crippen LogP contribution in [0.1, 0.15) is 19.9 Å². The summed E-state index contributed by atoms with van der Waals surface area (Å²) in [6, 6.07) is 3.31. The molecule has 0 spiro atoms. The molecule has 0 aliphatic heterocycles. The van der Waals surface area contributed by atoms with Crippen LogP contribution in [0.25, 0.3) is 10.9 Å². The largest absolute Gasteiger partial charge is 0.262 e. The van der Waals surface area contributed by atoms with E-state index in [4.69, 9.17) is 11.6 Å². The van der Waals surface area contributed by atoms with Crippen molar-refractivity contribution in [2.24, 2.45) is 0 Å². The lowest BCUT2D eigenvalue weighted by molar-refractivity contribution is 0.550. The van der Waals surface area contributed by atoms with Gasteiger partial charge in [-0.15, -0.1) is 0 Å². The first-order valence-electron chi connectivity index (χ1n) is 4.42. The topological polar surface area (TPSA) is 17.8 Å². The summed E-state index contributed by atoms with van der Waals surface area (Å²) in [5.41, 5.74) is 0.867. The molecule has 2 rings (SSSR count). The highest BCUT2D eigenvalue weighted by Gasteiger charge is 2.11. The fourth-order valence-electron chi connectivity index (χ4n) is 1.47. The Morgan fingerprint density at radius 2 is 2.14 bits per heavy atom. The van der Waals surface area contributed by atoms with Gasteiger partial charge in [-0.05, 0) is 26.0 Å². The van der Waals surface area contributed by atoms with Crippen molar-refractivity contribution < 1.29 is 4.39 Å². The van der Waals surface area contributed by atoms with Crippen LogP contribution < -0.4 is 0 Å². The summed E-state index contributed by atoms with van der Waals surface area (Å²) in [4.78, 5) is 0. The van der Waals surface area contributed by atoms with Crippen molar-refractivity contribution >= 4 is 22.5 Å². The van der Waals surface area contributed by atoms with Crippen molar-refractivity contribution in [3.63, 3.8) is 0 Å². The number of hydrogen-bond acceptors (Lipinski definition) is 1. The van der Waals surface area contributed by atoms with Crippen LogP contribution in [-0.2, 0) is 0 Å². The fraction of sp³-hybridized carbons (Fsp3) is 0.300. The molecule has 2 nitrogen and oxygen atoms in total. The number of halogens is 2. The Kier molecular flexibility index (Phi) is 2.19. The van der Waals surface area contributed by atoms with Crippen molar-refractivity contribution in [1.29, 1.82) is 0 Å². The van der Waals surface area contributed by atoms with Gasteiger partial charge in [0.25, 0.3) is 0 Å². The molecule has 0 saturated heterocycles. The Hall–Kier alpha value is -1.09. The molecule has 14 heavy (non-hydrogen) atoms. The number of benzene rings is 1. The molecule has 0 fully saturated rings. The average Bonchev–Trinajstić information content (AvgIpc) is 2.55. The summed E-state index contributed by atoms with van der Waals surface area (Å²) in [6.45, 7) is 4.04. The average molecular weight is 213 g/mol. The molecular weight excluding hydrogens is 203 g/mol. The molecular formula is C10H10ClFN2. The predicted octanol–water partition coefficient (Wildman–Crippen LogP) is 3.41. The fourth-order valence-corrected chi connectivity index (χ4v) is 1.68. The molecule has 0 N–H and O–H groups in total. The molecule has 1 heterocycles. The van der Waals surface area contributed by atoms with Gasteiger partial charge in [0.05, 0.1) is 16.7 Å². The molecule has 1 aromatic carbocycles. The van der Waals surface area contributed by atoms with Gasteiger partial charge >= 0.3 is 0 Å². The van der Waals surface area contributed by atoms with Crippen LogP contribution in [0.2, 0.25) is 5.02 Å². The SMILES string of the molecule is CC(C)n1ncc2c(Cl)c(F)ccc21. The molecule has 0 bridgehead atoms. The molecule has 4 heteroatoms. The highest BCUT2D eigenvalue weighted by atomic mass is 35.5. The molecule has 0 radical (unpaired) electrons. The minimum atomic E-state index is -0.400. The molecule has 0 aliphatic rings. The third-order valence-electron chi connectivity index (χ3n) is 2.16. The Labute approximate surface area is 86.3 Å². The van der Waals surface area contributed by atoms with Crippen molar-refractivity contribution in [2.45, 2.75) is 19.9 Å².